The van der Waals surface area contributed by atoms with Crippen LogP contribution in [0.2, 0.25) is 0 Å². The van der Waals surface area contributed by atoms with Crippen molar-refractivity contribution in [2.45, 2.75) is 6.10 Å². The molecule has 0 aliphatic heterocycles. The van der Waals surface area contributed by atoms with Crippen molar-refractivity contribution in [2.75, 3.05) is 0 Å². The lowest BCUT2D eigenvalue weighted by Crippen LogP contribution is -2.11. The van der Waals surface area contributed by atoms with Gasteiger partial charge in [-0.2, -0.15) is 0 Å². The van der Waals surface area contributed by atoms with Crippen LogP contribution in [0.1, 0.15) is 17.2 Å². The van der Waals surface area contributed by atoms with Crippen molar-refractivity contribution in [2.24, 2.45) is 0 Å². The highest BCUT2D eigenvalue weighted by molar-refractivity contribution is 5.76. The molecule has 0 amide bonds. The van der Waals surface area contributed by atoms with Crippen molar-refractivity contribution in [1.82, 2.24) is 0 Å². The van der Waals surface area contributed by atoms with E-state index in [9.17, 15) is 9.90 Å². The van der Waals surface area contributed by atoms with E-state index in [0.717, 1.165) is 0 Å². The standard InChI is InChI=1S/C10H10O3/c1-2-7-5-3-4-6-8(7)9(11)10(12)13/h2-6,9,11H,1H2,(H,12,13). The van der Waals surface area contributed by atoms with Crippen molar-refractivity contribution >= 4 is 12.0 Å². The summed E-state index contributed by atoms with van der Waals surface area (Å²) in [6.45, 7) is 3.53. The summed E-state index contributed by atoms with van der Waals surface area (Å²) in [7, 11) is 0. The Hall–Kier alpha value is -1.61. The lowest BCUT2D eigenvalue weighted by atomic mass is 10.0. The Morgan fingerprint density at radius 2 is 2.08 bits per heavy atom. The van der Waals surface area contributed by atoms with Crippen LogP contribution in [0.3, 0.4) is 0 Å². The van der Waals surface area contributed by atoms with E-state index in [4.69, 9.17) is 5.11 Å². The van der Waals surface area contributed by atoms with Crippen LogP contribution in [0.25, 0.3) is 6.08 Å². The molecule has 0 aliphatic carbocycles. The number of carboxylic acid groups (broad SMARTS) is 1. The molecule has 68 valence electrons. The summed E-state index contributed by atoms with van der Waals surface area (Å²) in [5.74, 6) is -1.26. The van der Waals surface area contributed by atoms with Crippen molar-refractivity contribution in [1.29, 1.82) is 0 Å². The summed E-state index contributed by atoms with van der Waals surface area (Å²) in [5, 5.41) is 17.8. The van der Waals surface area contributed by atoms with Crippen molar-refractivity contribution < 1.29 is 15.0 Å². The SMILES string of the molecule is C=Cc1ccccc1C(O)C(=O)O. The summed E-state index contributed by atoms with van der Waals surface area (Å²) in [5.41, 5.74) is 1.00. The van der Waals surface area contributed by atoms with Crippen LogP contribution in [0.5, 0.6) is 0 Å². The van der Waals surface area contributed by atoms with E-state index in [2.05, 4.69) is 6.58 Å². The largest absolute Gasteiger partial charge is 0.479 e. The second-order valence-electron chi connectivity index (χ2n) is 2.57. The molecule has 3 heteroatoms. The Balaban J connectivity index is 3.12. The molecule has 1 rings (SSSR count). The van der Waals surface area contributed by atoms with Gasteiger partial charge in [-0.25, -0.2) is 4.79 Å². The van der Waals surface area contributed by atoms with Gasteiger partial charge in [-0.1, -0.05) is 36.9 Å². The average Bonchev–Trinajstić information content (AvgIpc) is 2.16. The van der Waals surface area contributed by atoms with E-state index in [-0.39, 0.29) is 0 Å². The van der Waals surface area contributed by atoms with Gasteiger partial charge >= 0.3 is 5.97 Å². The van der Waals surface area contributed by atoms with Gasteiger partial charge in [0.25, 0.3) is 0 Å². The third kappa shape index (κ3) is 1.95. The zero-order valence-electron chi connectivity index (χ0n) is 6.97. The first kappa shape index (κ1) is 9.48. The second kappa shape index (κ2) is 3.87. The maximum Gasteiger partial charge on any atom is 0.337 e. The van der Waals surface area contributed by atoms with Crippen LogP contribution < -0.4 is 0 Å². The third-order valence-electron chi connectivity index (χ3n) is 1.74. The molecular weight excluding hydrogens is 168 g/mol. The first-order valence-corrected chi connectivity index (χ1v) is 3.79. The highest BCUT2D eigenvalue weighted by atomic mass is 16.4. The zero-order chi connectivity index (χ0) is 9.84. The molecule has 3 nitrogen and oxygen atoms in total. The quantitative estimate of drug-likeness (QED) is 0.736. The van der Waals surface area contributed by atoms with Gasteiger partial charge in [0, 0.05) is 0 Å². The van der Waals surface area contributed by atoms with E-state index in [1.807, 2.05) is 0 Å². The van der Waals surface area contributed by atoms with Crippen LogP contribution in [0, 0.1) is 0 Å². The molecule has 0 radical (unpaired) electrons. The molecule has 2 N–H and O–H groups in total. The minimum Gasteiger partial charge on any atom is -0.479 e. The number of hydrogen-bond acceptors (Lipinski definition) is 2. The van der Waals surface area contributed by atoms with Gasteiger partial charge < -0.3 is 10.2 Å². The number of rotatable bonds is 3. The molecule has 0 spiro atoms. The molecule has 13 heavy (non-hydrogen) atoms. The summed E-state index contributed by atoms with van der Waals surface area (Å²) >= 11 is 0. The fourth-order valence-electron chi connectivity index (χ4n) is 1.08. The molecule has 0 heterocycles. The maximum absolute atomic E-state index is 10.5. The number of aliphatic hydroxyl groups excluding tert-OH is 1. The smallest absolute Gasteiger partial charge is 0.337 e. The predicted molar refractivity (Wildman–Crippen MR) is 49.1 cm³/mol. The molecule has 1 aromatic rings. The molecular formula is C10H10O3. The third-order valence-corrected chi connectivity index (χ3v) is 1.74. The first-order chi connectivity index (χ1) is 6.16. The lowest BCUT2D eigenvalue weighted by Gasteiger charge is -2.08. The van der Waals surface area contributed by atoms with E-state index in [1.54, 1.807) is 24.3 Å². The van der Waals surface area contributed by atoms with E-state index < -0.39 is 12.1 Å². The monoisotopic (exact) mass is 178 g/mol. The molecule has 1 atom stereocenters. The Bertz CT molecular complexity index is 331. The van der Waals surface area contributed by atoms with Crippen LogP contribution in [0.15, 0.2) is 30.8 Å². The van der Waals surface area contributed by atoms with Crippen molar-refractivity contribution in [3.8, 4) is 0 Å². The molecule has 1 aromatic carbocycles. The normalized spacial score (nSPS) is 12.1. The number of carbonyl (C=O) groups is 1. The number of carboxylic acids is 1. The summed E-state index contributed by atoms with van der Waals surface area (Å²) in [6, 6.07) is 6.70. The number of hydrogen-bond donors (Lipinski definition) is 2. The van der Waals surface area contributed by atoms with Gasteiger partial charge in [0.2, 0.25) is 0 Å². The summed E-state index contributed by atoms with van der Waals surface area (Å²) in [4.78, 5) is 10.5. The number of aliphatic carboxylic acids is 1. The van der Waals surface area contributed by atoms with Gasteiger partial charge in [0.1, 0.15) is 0 Å². The Morgan fingerprint density at radius 3 is 2.62 bits per heavy atom. The first-order valence-electron chi connectivity index (χ1n) is 3.79. The summed E-state index contributed by atoms with van der Waals surface area (Å²) in [6.07, 6.45) is 0.0378. The zero-order valence-corrected chi connectivity index (χ0v) is 6.97. The highest BCUT2D eigenvalue weighted by Crippen LogP contribution is 2.18. The Kier molecular flexibility index (Phi) is 2.82. The van der Waals surface area contributed by atoms with Crippen LogP contribution in [-0.2, 0) is 4.79 Å². The molecule has 0 aliphatic rings. The van der Waals surface area contributed by atoms with Crippen molar-refractivity contribution in [3.63, 3.8) is 0 Å². The topological polar surface area (TPSA) is 57.5 Å². The van der Waals surface area contributed by atoms with Crippen LogP contribution >= 0.6 is 0 Å². The fourth-order valence-corrected chi connectivity index (χ4v) is 1.08. The Morgan fingerprint density at radius 1 is 1.46 bits per heavy atom. The number of aliphatic hydroxyl groups is 1. The molecule has 0 bridgehead atoms. The molecule has 1 unspecified atom stereocenters. The highest BCUT2D eigenvalue weighted by Gasteiger charge is 2.17. The van der Waals surface area contributed by atoms with E-state index in [0.29, 0.717) is 11.1 Å². The fraction of sp³-hybridized carbons (Fsp3) is 0.100. The average molecular weight is 178 g/mol. The predicted octanol–water partition coefficient (Wildman–Crippen LogP) is 1.45. The summed E-state index contributed by atoms with van der Waals surface area (Å²) < 4.78 is 0. The second-order valence-corrected chi connectivity index (χ2v) is 2.57. The molecule has 0 fully saturated rings. The van der Waals surface area contributed by atoms with Crippen molar-refractivity contribution in [3.05, 3.63) is 42.0 Å². The van der Waals surface area contributed by atoms with Crippen LogP contribution in [0.4, 0.5) is 0 Å². The minimum absolute atomic E-state index is 0.366. The van der Waals surface area contributed by atoms with Crippen LogP contribution in [-0.4, -0.2) is 16.2 Å². The van der Waals surface area contributed by atoms with E-state index >= 15 is 0 Å². The van der Waals surface area contributed by atoms with Gasteiger partial charge in [-0.15, -0.1) is 0 Å². The Labute approximate surface area is 76.0 Å². The van der Waals surface area contributed by atoms with Gasteiger partial charge in [-0.05, 0) is 11.1 Å². The molecule has 0 saturated carbocycles. The molecule has 0 aromatic heterocycles. The van der Waals surface area contributed by atoms with Gasteiger partial charge in [0.15, 0.2) is 6.10 Å². The lowest BCUT2D eigenvalue weighted by molar-refractivity contribution is -0.146. The number of benzene rings is 1. The molecule has 0 saturated heterocycles. The maximum atomic E-state index is 10.5. The van der Waals surface area contributed by atoms with E-state index in [1.165, 1.54) is 6.08 Å². The minimum atomic E-state index is -1.48. The van der Waals surface area contributed by atoms with Gasteiger partial charge in [0.05, 0.1) is 0 Å². The van der Waals surface area contributed by atoms with Gasteiger partial charge in [-0.3, -0.25) is 0 Å².